The van der Waals surface area contributed by atoms with Crippen LogP contribution in [0.2, 0.25) is 0 Å². The second-order valence-electron chi connectivity index (χ2n) is 8.13. The first-order chi connectivity index (χ1) is 11.5. The van der Waals surface area contributed by atoms with Crippen LogP contribution in [0.25, 0.3) is 0 Å². The quantitative estimate of drug-likeness (QED) is 0.559. The van der Waals surface area contributed by atoms with Crippen LogP contribution in [0.4, 0.5) is 0 Å². The smallest absolute Gasteiger partial charge is 0.0594 e. The van der Waals surface area contributed by atoms with E-state index in [2.05, 4.69) is 44.4 Å². The Morgan fingerprint density at radius 1 is 0.833 bits per heavy atom. The fourth-order valence-electron chi connectivity index (χ4n) is 4.15. The van der Waals surface area contributed by atoms with E-state index >= 15 is 0 Å². The molecule has 0 aromatic carbocycles. The van der Waals surface area contributed by atoms with Gasteiger partial charge >= 0.3 is 0 Å². The van der Waals surface area contributed by atoms with Crippen molar-refractivity contribution in [3.05, 3.63) is 0 Å². The van der Waals surface area contributed by atoms with Crippen molar-refractivity contribution >= 4 is 0 Å². The van der Waals surface area contributed by atoms with Crippen molar-refractivity contribution in [2.45, 2.75) is 98.2 Å². The zero-order valence-electron chi connectivity index (χ0n) is 17.3. The minimum absolute atomic E-state index is 0.313. The van der Waals surface area contributed by atoms with Crippen molar-refractivity contribution in [3.8, 4) is 0 Å². The maximum atomic E-state index is 6.43. The zero-order chi connectivity index (χ0) is 17.9. The largest absolute Gasteiger partial charge is 0.325 e. The molecular formula is C21H45N3. The number of hydrogen-bond acceptors (Lipinski definition) is 3. The molecule has 3 heteroatoms. The van der Waals surface area contributed by atoms with Crippen LogP contribution in [0.3, 0.4) is 0 Å². The summed E-state index contributed by atoms with van der Waals surface area (Å²) in [5.74, 6) is 1.67. The predicted octanol–water partition coefficient (Wildman–Crippen LogP) is 4.71. The molecule has 1 heterocycles. The summed E-state index contributed by atoms with van der Waals surface area (Å²) in [6, 6.07) is 0.313. The zero-order valence-corrected chi connectivity index (χ0v) is 17.3. The Labute approximate surface area is 152 Å². The lowest BCUT2D eigenvalue weighted by Crippen LogP contribution is -2.61. The summed E-state index contributed by atoms with van der Waals surface area (Å²) in [5.41, 5.74) is 6.43. The Bertz CT molecular complexity index is 279. The first kappa shape index (κ1) is 21.9. The first-order valence-corrected chi connectivity index (χ1v) is 10.8. The number of nitrogens with two attached hydrogens (primary N) is 1. The number of hydrogen-bond donors (Lipinski definition) is 1. The summed E-state index contributed by atoms with van der Waals surface area (Å²) >= 11 is 0. The third kappa shape index (κ3) is 7.41. The highest BCUT2D eigenvalue weighted by Crippen LogP contribution is 2.23. The Balaban J connectivity index is 2.61. The molecule has 3 unspecified atom stereocenters. The number of unbranched alkanes of at least 4 members (excludes halogenated alkanes) is 2. The second kappa shape index (κ2) is 12.3. The average molecular weight is 340 g/mol. The van der Waals surface area contributed by atoms with E-state index in [9.17, 15) is 0 Å². The molecule has 1 aliphatic heterocycles. The van der Waals surface area contributed by atoms with E-state index in [4.69, 9.17) is 5.73 Å². The van der Waals surface area contributed by atoms with Gasteiger partial charge in [0, 0.05) is 32.2 Å². The SMILES string of the molecule is CCCCC(CC)CN1CC(N)CN(C[C@@H](CC)CCCC)C1C. The molecule has 0 aromatic heterocycles. The van der Waals surface area contributed by atoms with Crippen molar-refractivity contribution in [3.63, 3.8) is 0 Å². The van der Waals surface area contributed by atoms with Gasteiger partial charge in [-0.2, -0.15) is 0 Å². The van der Waals surface area contributed by atoms with Gasteiger partial charge < -0.3 is 5.73 Å². The number of rotatable bonds is 12. The molecule has 0 radical (unpaired) electrons. The van der Waals surface area contributed by atoms with Crippen molar-refractivity contribution < 1.29 is 0 Å². The monoisotopic (exact) mass is 339 g/mol. The van der Waals surface area contributed by atoms with Crippen LogP contribution in [0.1, 0.15) is 86.0 Å². The standard InChI is InChI=1S/C21H45N3/c1-6-10-12-19(8-3)14-23-16-21(22)17-24(18(23)5)15-20(9-4)13-11-7-2/h18-21H,6-17,22H2,1-5H3/t18?,19-,20?,21?/m0/s1. The maximum absolute atomic E-state index is 6.43. The Morgan fingerprint density at radius 3 is 1.58 bits per heavy atom. The lowest BCUT2D eigenvalue weighted by Gasteiger charge is -2.47. The van der Waals surface area contributed by atoms with E-state index < -0.39 is 0 Å². The van der Waals surface area contributed by atoms with Gasteiger partial charge in [-0.05, 0) is 31.6 Å². The topological polar surface area (TPSA) is 32.5 Å². The van der Waals surface area contributed by atoms with E-state index in [1.54, 1.807) is 0 Å². The van der Waals surface area contributed by atoms with E-state index in [0.717, 1.165) is 24.9 Å². The van der Waals surface area contributed by atoms with Crippen LogP contribution in [-0.4, -0.2) is 48.2 Å². The maximum Gasteiger partial charge on any atom is 0.0594 e. The predicted molar refractivity (Wildman–Crippen MR) is 107 cm³/mol. The van der Waals surface area contributed by atoms with Gasteiger partial charge in [0.2, 0.25) is 0 Å². The molecule has 0 aromatic rings. The first-order valence-electron chi connectivity index (χ1n) is 10.8. The second-order valence-corrected chi connectivity index (χ2v) is 8.13. The van der Waals surface area contributed by atoms with Gasteiger partial charge in [0.1, 0.15) is 0 Å². The van der Waals surface area contributed by atoms with Crippen LogP contribution >= 0.6 is 0 Å². The molecule has 1 saturated heterocycles. The van der Waals surface area contributed by atoms with Gasteiger partial charge in [0.05, 0.1) is 6.17 Å². The summed E-state index contributed by atoms with van der Waals surface area (Å²) in [4.78, 5) is 5.34. The highest BCUT2D eigenvalue weighted by atomic mass is 15.4. The van der Waals surface area contributed by atoms with Gasteiger partial charge in [-0.25, -0.2) is 0 Å². The van der Waals surface area contributed by atoms with Crippen molar-refractivity contribution in [1.82, 2.24) is 9.80 Å². The number of nitrogens with zero attached hydrogens (tertiary/aromatic N) is 2. The molecule has 24 heavy (non-hydrogen) atoms. The van der Waals surface area contributed by atoms with Gasteiger partial charge in [-0.15, -0.1) is 0 Å². The Hall–Kier alpha value is -0.120. The molecule has 0 bridgehead atoms. The summed E-state index contributed by atoms with van der Waals surface area (Å²) in [6.07, 6.45) is 11.3. The molecule has 1 aliphatic rings. The van der Waals surface area contributed by atoms with Crippen LogP contribution in [0, 0.1) is 11.8 Å². The van der Waals surface area contributed by atoms with Crippen LogP contribution in [-0.2, 0) is 0 Å². The van der Waals surface area contributed by atoms with Crippen molar-refractivity contribution in [2.24, 2.45) is 17.6 Å². The van der Waals surface area contributed by atoms with Gasteiger partial charge in [0.15, 0.2) is 0 Å². The van der Waals surface area contributed by atoms with E-state index in [-0.39, 0.29) is 0 Å². The molecule has 0 spiro atoms. The van der Waals surface area contributed by atoms with E-state index in [1.165, 1.54) is 64.5 Å². The highest BCUT2D eigenvalue weighted by molar-refractivity contribution is 4.86. The summed E-state index contributed by atoms with van der Waals surface area (Å²) in [7, 11) is 0. The van der Waals surface area contributed by atoms with Crippen LogP contribution in [0.15, 0.2) is 0 Å². The van der Waals surface area contributed by atoms with E-state index in [1.807, 2.05) is 0 Å². The lowest BCUT2D eigenvalue weighted by molar-refractivity contribution is -0.0142. The van der Waals surface area contributed by atoms with Crippen LogP contribution in [0.5, 0.6) is 0 Å². The Kier molecular flexibility index (Phi) is 11.2. The lowest BCUT2D eigenvalue weighted by atomic mass is 9.96. The van der Waals surface area contributed by atoms with Gasteiger partial charge in [0.25, 0.3) is 0 Å². The molecular weight excluding hydrogens is 294 g/mol. The van der Waals surface area contributed by atoms with Gasteiger partial charge in [-0.3, -0.25) is 9.80 Å². The highest BCUT2D eigenvalue weighted by Gasteiger charge is 2.31. The minimum atomic E-state index is 0.313. The third-order valence-electron chi connectivity index (χ3n) is 6.07. The Morgan fingerprint density at radius 2 is 1.25 bits per heavy atom. The normalized spacial score (nSPS) is 25.8. The fourth-order valence-corrected chi connectivity index (χ4v) is 4.15. The molecule has 0 amide bonds. The molecule has 0 saturated carbocycles. The summed E-state index contributed by atoms with van der Waals surface area (Å²) in [6.45, 7) is 16.3. The molecule has 3 nitrogen and oxygen atoms in total. The molecule has 4 atom stereocenters. The molecule has 2 N–H and O–H groups in total. The van der Waals surface area contributed by atoms with Crippen molar-refractivity contribution in [1.29, 1.82) is 0 Å². The summed E-state index contributed by atoms with van der Waals surface area (Å²) in [5, 5.41) is 0. The molecule has 144 valence electrons. The molecule has 1 fully saturated rings. The molecule has 1 rings (SSSR count). The van der Waals surface area contributed by atoms with Gasteiger partial charge in [-0.1, -0.05) is 66.2 Å². The van der Waals surface area contributed by atoms with Crippen LogP contribution < -0.4 is 5.73 Å². The third-order valence-corrected chi connectivity index (χ3v) is 6.07. The fraction of sp³-hybridized carbons (Fsp3) is 1.00. The van der Waals surface area contributed by atoms with E-state index in [0.29, 0.717) is 12.2 Å². The molecule has 0 aliphatic carbocycles. The van der Waals surface area contributed by atoms with Crippen molar-refractivity contribution in [2.75, 3.05) is 26.2 Å². The average Bonchev–Trinajstić information content (AvgIpc) is 2.58. The summed E-state index contributed by atoms with van der Waals surface area (Å²) < 4.78 is 0. The minimum Gasteiger partial charge on any atom is -0.325 e.